The molecular weight excluding hydrogens is 267 g/mol. The van der Waals surface area contributed by atoms with Gasteiger partial charge in [0, 0.05) is 6.07 Å². The van der Waals surface area contributed by atoms with Gasteiger partial charge in [0.25, 0.3) is 0 Å². The summed E-state index contributed by atoms with van der Waals surface area (Å²) in [6, 6.07) is 0.320. The van der Waals surface area contributed by atoms with Crippen molar-refractivity contribution >= 4 is 5.82 Å². The van der Waals surface area contributed by atoms with E-state index in [1.54, 1.807) is 0 Å². The molecule has 1 aromatic rings. The van der Waals surface area contributed by atoms with Crippen LogP contribution in [0.25, 0.3) is 0 Å². The van der Waals surface area contributed by atoms with E-state index < -0.39 is 40.3 Å². The van der Waals surface area contributed by atoms with Crippen molar-refractivity contribution in [2.45, 2.75) is 12.6 Å². The SMILES string of the molecule is COc1cc(C(F)F)nc([N+](=O)[O-])c1C(F)(F)F. The zero-order valence-corrected chi connectivity index (χ0v) is 8.66. The molecule has 1 aromatic heterocycles. The van der Waals surface area contributed by atoms with Crippen LogP contribution in [0.5, 0.6) is 5.75 Å². The first-order valence-electron chi connectivity index (χ1n) is 4.27. The maximum atomic E-state index is 12.6. The highest BCUT2D eigenvalue weighted by Gasteiger charge is 2.44. The number of hydrogen-bond donors (Lipinski definition) is 0. The van der Waals surface area contributed by atoms with Crippen LogP contribution in [0.3, 0.4) is 0 Å². The summed E-state index contributed by atoms with van der Waals surface area (Å²) in [5, 5.41) is 10.5. The van der Waals surface area contributed by atoms with E-state index >= 15 is 0 Å². The van der Waals surface area contributed by atoms with Crippen molar-refractivity contribution in [1.29, 1.82) is 0 Å². The van der Waals surface area contributed by atoms with Crippen LogP contribution >= 0.6 is 0 Å². The molecule has 0 radical (unpaired) electrons. The Morgan fingerprint density at radius 1 is 1.44 bits per heavy atom. The summed E-state index contributed by atoms with van der Waals surface area (Å²) in [4.78, 5) is 11.7. The number of hydrogen-bond acceptors (Lipinski definition) is 4. The number of methoxy groups -OCH3 is 1. The molecule has 0 amide bonds. The summed E-state index contributed by atoms with van der Waals surface area (Å²) >= 11 is 0. The topological polar surface area (TPSA) is 65.3 Å². The molecular formula is C8H5F5N2O3. The van der Waals surface area contributed by atoms with Gasteiger partial charge in [0.05, 0.1) is 7.11 Å². The van der Waals surface area contributed by atoms with Gasteiger partial charge in [-0.3, -0.25) is 0 Å². The summed E-state index contributed by atoms with van der Waals surface area (Å²) in [6.07, 6.45) is -8.39. The molecule has 0 aromatic carbocycles. The third-order valence-corrected chi connectivity index (χ3v) is 1.88. The van der Waals surface area contributed by atoms with Crippen molar-refractivity contribution in [2.75, 3.05) is 7.11 Å². The molecule has 18 heavy (non-hydrogen) atoms. The van der Waals surface area contributed by atoms with Gasteiger partial charge in [0.1, 0.15) is 5.75 Å². The fourth-order valence-corrected chi connectivity index (χ4v) is 1.20. The lowest BCUT2D eigenvalue weighted by molar-refractivity contribution is -0.393. The minimum Gasteiger partial charge on any atom is -0.496 e. The Morgan fingerprint density at radius 2 is 2.00 bits per heavy atom. The number of nitro groups is 1. The predicted molar refractivity (Wildman–Crippen MR) is 47.4 cm³/mol. The van der Waals surface area contributed by atoms with Gasteiger partial charge in [-0.1, -0.05) is 0 Å². The highest BCUT2D eigenvalue weighted by atomic mass is 19.4. The molecule has 0 N–H and O–H groups in total. The van der Waals surface area contributed by atoms with E-state index in [0.29, 0.717) is 6.07 Å². The Bertz CT molecular complexity index is 475. The molecule has 1 heterocycles. The Balaban J connectivity index is 3.62. The lowest BCUT2D eigenvalue weighted by Gasteiger charge is -2.11. The lowest BCUT2D eigenvalue weighted by Crippen LogP contribution is -2.13. The van der Waals surface area contributed by atoms with Crippen molar-refractivity contribution in [1.82, 2.24) is 4.98 Å². The highest BCUT2D eigenvalue weighted by Crippen LogP contribution is 2.42. The molecule has 0 aliphatic carbocycles. The van der Waals surface area contributed by atoms with Crippen molar-refractivity contribution in [3.63, 3.8) is 0 Å². The quantitative estimate of drug-likeness (QED) is 0.482. The first-order valence-corrected chi connectivity index (χ1v) is 4.27. The van der Waals surface area contributed by atoms with Crippen LogP contribution in [0, 0.1) is 10.1 Å². The average molecular weight is 272 g/mol. The molecule has 0 saturated heterocycles. The van der Waals surface area contributed by atoms with E-state index in [2.05, 4.69) is 9.72 Å². The number of pyridine rings is 1. The summed E-state index contributed by atoms with van der Waals surface area (Å²) in [5.74, 6) is -2.78. The Kier molecular flexibility index (Phi) is 3.67. The van der Waals surface area contributed by atoms with E-state index in [9.17, 15) is 32.1 Å². The lowest BCUT2D eigenvalue weighted by atomic mass is 10.2. The van der Waals surface area contributed by atoms with Crippen LogP contribution in [0.4, 0.5) is 27.8 Å². The zero-order valence-electron chi connectivity index (χ0n) is 8.66. The number of ether oxygens (including phenoxy) is 1. The first kappa shape index (κ1) is 14.1. The predicted octanol–water partition coefficient (Wildman–Crippen LogP) is 2.95. The van der Waals surface area contributed by atoms with E-state index in [1.807, 2.05) is 0 Å². The Labute approximate surface area is 96.3 Å². The van der Waals surface area contributed by atoms with Crippen LogP contribution in [-0.4, -0.2) is 17.0 Å². The van der Waals surface area contributed by atoms with Gasteiger partial charge in [-0.05, 0) is 9.91 Å². The minimum atomic E-state index is -5.14. The minimum absolute atomic E-state index is 0.320. The molecule has 0 aliphatic rings. The smallest absolute Gasteiger partial charge is 0.428 e. The monoisotopic (exact) mass is 272 g/mol. The summed E-state index contributed by atoms with van der Waals surface area (Å²) in [6.45, 7) is 0. The van der Waals surface area contributed by atoms with Crippen molar-refractivity contribution < 1.29 is 31.6 Å². The molecule has 100 valence electrons. The van der Waals surface area contributed by atoms with Crippen LogP contribution in [-0.2, 0) is 6.18 Å². The Morgan fingerprint density at radius 3 is 2.33 bits per heavy atom. The van der Waals surface area contributed by atoms with Crippen LogP contribution < -0.4 is 4.74 Å². The Hall–Kier alpha value is -2.00. The van der Waals surface area contributed by atoms with Crippen molar-refractivity contribution in [3.8, 4) is 5.75 Å². The summed E-state index contributed by atoms with van der Waals surface area (Å²) < 4.78 is 66.7. The number of aromatic nitrogens is 1. The van der Waals surface area contributed by atoms with Crippen molar-refractivity contribution in [2.24, 2.45) is 0 Å². The standard InChI is InChI=1S/C8H5F5N2O3/c1-18-4-2-3(6(9)10)14-7(15(16)17)5(4)8(11,12)13/h2,6H,1H3. The van der Waals surface area contributed by atoms with Gasteiger partial charge in [-0.2, -0.15) is 13.2 Å². The fraction of sp³-hybridized carbons (Fsp3) is 0.375. The molecule has 0 spiro atoms. The third kappa shape index (κ3) is 2.63. The van der Waals surface area contributed by atoms with Gasteiger partial charge in [0.15, 0.2) is 5.56 Å². The second kappa shape index (κ2) is 4.70. The van der Waals surface area contributed by atoms with E-state index in [1.165, 1.54) is 0 Å². The maximum absolute atomic E-state index is 12.6. The van der Waals surface area contributed by atoms with Gasteiger partial charge in [0.2, 0.25) is 5.69 Å². The van der Waals surface area contributed by atoms with E-state index in [4.69, 9.17) is 0 Å². The molecule has 0 aliphatic heterocycles. The largest absolute Gasteiger partial charge is 0.496 e. The van der Waals surface area contributed by atoms with Crippen molar-refractivity contribution in [3.05, 3.63) is 27.4 Å². The molecule has 5 nitrogen and oxygen atoms in total. The molecule has 0 saturated carbocycles. The third-order valence-electron chi connectivity index (χ3n) is 1.88. The second-order valence-electron chi connectivity index (χ2n) is 3.00. The highest BCUT2D eigenvalue weighted by molar-refractivity contribution is 5.48. The van der Waals surface area contributed by atoms with Gasteiger partial charge >= 0.3 is 18.4 Å². The number of alkyl halides is 5. The van der Waals surface area contributed by atoms with E-state index in [-0.39, 0.29) is 0 Å². The number of halogens is 5. The molecule has 0 bridgehead atoms. The number of nitrogens with zero attached hydrogens (tertiary/aromatic N) is 2. The van der Waals surface area contributed by atoms with Gasteiger partial charge in [-0.15, -0.1) is 0 Å². The molecule has 1 rings (SSSR count). The van der Waals surface area contributed by atoms with Crippen LogP contribution in [0.15, 0.2) is 6.07 Å². The zero-order chi connectivity index (χ0) is 14.1. The number of rotatable bonds is 3. The van der Waals surface area contributed by atoms with Crippen LogP contribution in [0.2, 0.25) is 0 Å². The molecule has 10 heteroatoms. The maximum Gasteiger partial charge on any atom is 0.428 e. The second-order valence-corrected chi connectivity index (χ2v) is 3.00. The fourth-order valence-electron chi connectivity index (χ4n) is 1.20. The molecule has 0 fully saturated rings. The molecule has 0 atom stereocenters. The first-order chi connectivity index (χ1) is 8.18. The summed E-state index contributed by atoms with van der Waals surface area (Å²) in [5.41, 5.74) is -2.95. The normalized spacial score (nSPS) is 11.7. The van der Waals surface area contributed by atoms with Gasteiger partial charge in [-0.25, -0.2) is 8.78 Å². The van der Waals surface area contributed by atoms with E-state index in [0.717, 1.165) is 7.11 Å². The van der Waals surface area contributed by atoms with Gasteiger partial charge < -0.3 is 14.9 Å². The van der Waals surface area contributed by atoms with Crippen LogP contribution in [0.1, 0.15) is 17.7 Å². The summed E-state index contributed by atoms with van der Waals surface area (Å²) in [7, 11) is 0.781. The average Bonchev–Trinajstić information content (AvgIpc) is 2.25. The molecule has 0 unspecified atom stereocenters.